The molecule has 2 rings (SSSR count). The Labute approximate surface area is 132 Å². The van der Waals surface area contributed by atoms with Crippen LogP contribution in [0, 0.1) is 23.0 Å². The smallest absolute Gasteiger partial charge is 0.238 e. The van der Waals surface area contributed by atoms with E-state index in [0.29, 0.717) is 5.56 Å². The fourth-order valence-electron chi connectivity index (χ4n) is 2.04. The highest BCUT2D eigenvalue weighted by Gasteiger charge is 2.16. The molecule has 0 unspecified atom stereocenters. The zero-order chi connectivity index (χ0) is 17.2. The van der Waals surface area contributed by atoms with Crippen LogP contribution < -0.4 is 10.5 Å². The second-order valence-electron chi connectivity index (χ2n) is 4.91. The third kappa shape index (κ3) is 3.83. The van der Waals surface area contributed by atoms with E-state index in [-0.39, 0.29) is 10.5 Å². The number of rotatable bonds is 4. The second kappa shape index (κ2) is 6.32. The minimum Gasteiger partial charge on any atom is -0.374 e. The van der Waals surface area contributed by atoms with Crippen molar-refractivity contribution in [3.05, 3.63) is 59.2 Å². The number of primary sulfonamides is 1. The van der Waals surface area contributed by atoms with Crippen molar-refractivity contribution < 1.29 is 17.2 Å². The Morgan fingerprint density at radius 2 is 1.83 bits per heavy atom. The minimum atomic E-state index is -3.87. The molecule has 1 atom stereocenters. The molecule has 0 bridgehead atoms. The molecule has 23 heavy (non-hydrogen) atoms. The largest absolute Gasteiger partial charge is 0.374 e. The van der Waals surface area contributed by atoms with Crippen molar-refractivity contribution in [2.45, 2.75) is 17.9 Å². The summed E-state index contributed by atoms with van der Waals surface area (Å²) in [4.78, 5) is -0.0931. The third-order valence-electron chi connectivity index (χ3n) is 3.22. The van der Waals surface area contributed by atoms with Crippen LogP contribution in [0.15, 0.2) is 41.3 Å². The highest BCUT2D eigenvalue weighted by Crippen LogP contribution is 2.26. The number of benzene rings is 2. The van der Waals surface area contributed by atoms with Crippen LogP contribution in [0.3, 0.4) is 0 Å². The predicted molar refractivity (Wildman–Crippen MR) is 80.9 cm³/mol. The highest BCUT2D eigenvalue weighted by atomic mass is 32.2. The van der Waals surface area contributed by atoms with Gasteiger partial charge in [0.1, 0.15) is 5.69 Å². The van der Waals surface area contributed by atoms with E-state index in [1.54, 1.807) is 19.1 Å². The molecule has 0 amide bonds. The molecule has 0 heterocycles. The maximum Gasteiger partial charge on any atom is 0.238 e. The number of nitrogens with zero attached hydrogens (tertiary/aromatic N) is 1. The van der Waals surface area contributed by atoms with Crippen molar-refractivity contribution >= 4 is 15.7 Å². The van der Waals surface area contributed by atoms with Crippen LogP contribution in [0.5, 0.6) is 0 Å². The Morgan fingerprint density at radius 1 is 1.22 bits per heavy atom. The number of nitrogens with two attached hydrogens (primary N) is 1. The molecule has 0 saturated carbocycles. The van der Waals surface area contributed by atoms with Crippen LogP contribution in [0.25, 0.3) is 0 Å². The molecule has 5 nitrogen and oxygen atoms in total. The minimum absolute atomic E-state index is 0.0931. The number of nitrogens with one attached hydrogen (secondary N) is 1. The van der Waals surface area contributed by atoms with Crippen LogP contribution in [-0.4, -0.2) is 8.42 Å². The van der Waals surface area contributed by atoms with Gasteiger partial charge in [0.15, 0.2) is 11.6 Å². The van der Waals surface area contributed by atoms with Crippen molar-refractivity contribution in [1.29, 1.82) is 5.26 Å². The summed E-state index contributed by atoms with van der Waals surface area (Å²) in [6.07, 6.45) is 0. The quantitative estimate of drug-likeness (QED) is 0.896. The first-order chi connectivity index (χ1) is 10.7. The summed E-state index contributed by atoms with van der Waals surface area (Å²) in [6, 6.07) is 8.64. The number of halogens is 2. The fourth-order valence-corrected chi connectivity index (χ4v) is 2.60. The fraction of sp³-hybridized carbons (Fsp3) is 0.133. The average molecular weight is 337 g/mol. The van der Waals surface area contributed by atoms with Crippen molar-refractivity contribution in [1.82, 2.24) is 0 Å². The highest BCUT2D eigenvalue weighted by molar-refractivity contribution is 7.89. The van der Waals surface area contributed by atoms with Gasteiger partial charge in [0.25, 0.3) is 0 Å². The van der Waals surface area contributed by atoms with Crippen molar-refractivity contribution in [3.8, 4) is 6.07 Å². The molecule has 2 aromatic rings. The normalized spacial score (nSPS) is 12.5. The van der Waals surface area contributed by atoms with E-state index in [4.69, 9.17) is 10.4 Å². The molecule has 2 aromatic carbocycles. The third-order valence-corrected chi connectivity index (χ3v) is 4.13. The first kappa shape index (κ1) is 16.9. The lowest BCUT2D eigenvalue weighted by molar-refractivity contribution is 0.583. The van der Waals surface area contributed by atoms with Gasteiger partial charge in [-0.05, 0) is 36.8 Å². The zero-order valence-corrected chi connectivity index (χ0v) is 12.9. The number of nitriles is 1. The lowest BCUT2D eigenvalue weighted by Gasteiger charge is -2.17. The number of anilines is 1. The summed E-state index contributed by atoms with van der Waals surface area (Å²) in [7, 11) is -3.87. The van der Waals surface area contributed by atoms with Crippen LogP contribution in [0.4, 0.5) is 14.5 Å². The number of sulfonamides is 1. The van der Waals surface area contributed by atoms with Gasteiger partial charge in [-0.25, -0.2) is 22.3 Å². The monoisotopic (exact) mass is 337 g/mol. The summed E-state index contributed by atoms with van der Waals surface area (Å²) in [5.74, 6) is -1.81. The molecule has 0 radical (unpaired) electrons. The van der Waals surface area contributed by atoms with Crippen LogP contribution in [0.2, 0.25) is 0 Å². The van der Waals surface area contributed by atoms with Gasteiger partial charge in [-0.15, -0.1) is 0 Å². The SMILES string of the molecule is C[C@H](Nc1c(F)cc(C#N)cc1F)c1cccc(S(N)(=O)=O)c1. The van der Waals surface area contributed by atoms with Gasteiger partial charge in [0.2, 0.25) is 10.0 Å². The Bertz CT molecular complexity index is 869. The summed E-state index contributed by atoms with van der Waals surface area (Å²) in [6.45, 7) is 1.61. The second-order valence-corrected chi connectivity index (χ2v) is 6.47. The van der Waals surface area contributed by atoms with Gasteiger partial charge in [-0.1, -0.05) is 12.1 Å². The van der Waals surface area contributed by atoms with Crippen molar-refractivity contribution in [2.24, 2.45) is 5.14 Å². The van der Waals surface area contributed by atoms with Gasteiger partial charge >= 0.3 is 0 Å². The van der Waals surface area contributed by atoms with Crippen LogP contribution in [-0.2, 0) is 10.0 Å². The summed E-state index contributed by atoms with van der Waals surface area (Å²) in [5, 5.41) is 16.4. The van der Waals surface area contributed by atoms with E-state index in [1.165, 1.54) is 18.2 Å². The molecule has 120 valence electrons. The van der Waals surface area contributed by atoms with Gasteiger partial charge in [-0.3, -0.25) is 0 Å². The molecule has 0 aliphatic rings. The Kier molecular flexibility index (Phi) is 4.63. The Hall–Kier alpha value is -2.50. The molecule has 0 saturated heterocycles. The topological polar surface area (TPSA) is 96.0 Å². The molecule has 0 aliphatic heterocycles. The molecular formula is C15H13F2N3O2S. The molecular weight excluding hydrogens is 324 g/mol. The molecule has 3 N–H and O–H groups in total. The zero-order valence-electron chi connectivity index (χ0n) is 12.0. The Balaban J connectivity index is 2.34. The average Bonchev–Trinajstić information content (AvgIpc) is 2.49. The van der Waals surface area contributed by atoms with E-state index >= 15 is 0 Å². The first-order valence-corrected chi connectivity index (χ1v) is 8.05. The van der Waals surface area contributed by atoms with Crippen LogP contribution in [0.1, 0.15) is 24.1 Å². The lowest BCUT2D eigenvalue weighted by Crippen LogP contribution is -2.14. The van der Waals surface area contributed by atoms with Gasteiger partial charge < -0.3 is 5.32 Å². The van der Waals surface area contributed by atoms with E-state index in [1.807, 2.05) is 0 Å². The van der Waals surface area contributed by atoms with Crippen molar-refractivity contribution in [2.75, 3.05) is 5.32 Å². The molecule has 8 heteroatoms. The first-order valence-electron chi connectivity index (χ1n) is 6.51. The summed E-state index contributed by atoms with van der Waals surface area (Å²) < 4.78 is 50.4. The maximum absolute atomic E-state index is 13.9. The lowest BCUT2D eigenvalue weighted by atomic mass is 10.1. The van der Waals surface area contributed by atoms with Crippen molar-refractivity contribution in [3.63, 3.8) is 0 Å². The summed E-state index contributed by atoms with van der Waals surface area (Å²) >= 11 is 0. The number of hydrogen-bond acceptors (Lipinski definition) is 4. The van der Waals surface area contributed by atoms with E-state index in [2.05, 4.69) is 5.32 Å². The Morgan fingerprint density at radius 3 is 2.35 bits per heavy atom. The van der Waals surface area contributed by atoms with Gasteiger partial charge in [0.05, 0.1) is 16.5 Å². The van der Waals surface area contributed by atoms with Crippen LogP contribution >= 0.6 is 0 Å². The maximum atomic E-state index is 13.9. The molecule has 0 aromatic heterocycles. The molecule has 0 fully saturated rings. The van der Waals surface area contributed by atoms with E-state index in [9.17, 15) is 17.2 Å². The summed E-state index contributed by atoms with van der Waals surface area (Å²) in [5.41, 5.74) is -0.0355. The number of hydrogen-bond donors (Lipinski definition) is 2. The molecule has 0 spiro atoms. The van der Waals surface area contributed by atoms with E-state index < -0.39 is 33.4 Å². The standard InChI is InChI=1S/C15H13F2N3O2S/c1-9(11-3-2-4-12(7-11)23(19,21)22)20-15-13(16)5-10(8-18)6-14(15)17/h2-7,9,20H,1H3,(H2,19,21,22)/t9-/m0/s1. The van der Waals surface area contributed by atoms with Gasteiger partial charge in [0, 0.05) is 6.04 Å². The van der Waals surface area contributed by atoms with E-state index in [0.717, 1.165) is 12.1 Å². The van der Waals surface area contributed by atoms with Gasteiger partial charge in [-0.2, -0.15) is 5.26 Å². The predicted octanol–water partition coefficient (Wildman–Crippen LogP) is 2.66. The molecule has 0 aliphatic carbocycles.